The molecule has 2 heterocycles. The highest BCUT2D eigenvalue weighted by Gasteiger charge is 2.36. The number of hydrazone groups is 1. The molecule has 1 aromatic carbocycles. The normalized spacial score (nSPS) is 18.8. The topological polar surface area (TPSA) is 74.6 Å². The monoisotopic (exact) mass is 418 g/mol. The zero-order valence-electron chi connectivity index (χ0n) is 14.3. The first kappa shape index (κ1) is 21.1. The average Bonchev–Trinajstić information content (AvgIpc) is 2.53. The van der Waals surface area contributed by atoms with Gasteiger partial charge in [0.1, 0.15) is 17.5 Å². The van der Waals surface area contributed by atoms with Gasteiger partial charge in [-0.15, -0.1) is 12.4 Å². The van der Waals surface area contributed by atoms with Crippen LogP contribution in [0.4, 0.5) is 18.9 Å². The fourth-order valence-corrected chi connectivity index (χ4v) is 2.92. The highest BCUT2D eigenvalue weighted by atomic mass is 35.5. The quantitative estimate of drug-likeness (QED) is 0.733. The summed E-state index contributed by atoms with van der Waals surface area (Å²) in [6.45, 7) is 3.75. The van der Waals surface area contributed by atoms with Crippen molar-refractivity contribution in [2.75, 3.05) is 11.6 Å². The van der Waals surface area contributed by atoms with E-state index in [1.54, 1.807) is 6.08 Å². The van der Waals surface area contributed by atoms with Crippen LogP contribution in [0, 0.1) is 11.3 Å². The predicted octanol–water partition coefficient (Wildman–Crippen LogP) is 4.39. The Kier molecular flexibility index (Phi) is 5.53. The van der Waals surface area contributed by atoms with Gasteiger partial charge in [0.15, 0.2) is 0 Å². The zero-order valence-corrected chi connectivity index (χ0v) is 15.8. The summed E-state index contributed by atoms with van der Waals surface area (Å²) in [5, 5.41) is 14.5. The van der Waals surface area contributed by atoms with Crippen molar-refractivity contribution in [3.05, 3.63) is 51.8 Å². The number of nitriles is 1. The van der Waals surface area contributed by atoms with Gasteiger partial charge in [0, 0.05) is 5.57 Å². The van der Waals surface area contributed by atoms with Crippen LogP contribution in [-0.2, 0) is 10.9 Å². The van der Waals surface area contributed by atoms with Gasteiger partial charge in [-0.3, -0.25) is 0 Å². The number of ether oxygens (including phenoxy) is 1. The Balaban J connectivity index is 0.00000261. The van der Waals surface area contributed by atoms with E-state index in [4.69, 9.17) is 22.1 Å². The van der Waals surface area contributed by atoms with Gasteiger partial charge in [0.25, 0.3) is 0 Å². The molecule has 0 spiro atoms. The van der Waals surface area contributed by atoms with E-state index < -0.39 is 22.4 Å². The third-order valence-corrected chi connectivity index (χ3v) is 4.30. The number of fused-ring (bicyclic) bond motifs is 1. The molecular formula is C17H15Cl2F3N4O. The first-order chi connectivity index (χ1) is 12.0. The zero-order chi connectivity index (χ0) is 19.3. The van der Waals surface area contributed by atoms with Crippen molar-refractivity contribution in [3.8, 4) is 6.07 Å². The molecule has 10 heteroatoms. The number of nitrogens with zero attached hydrogens (tertiary/aromatic N) is 3. The van der Waals surface area contributed by atoms with Gasteiger partial charge >= 0.3 is 6.18 Å². The number of nitrogens with two attached hydrogens (primary N) is 1. The summed E-state index contributed by atoms with van der Waals surface area (Å²) in [5.74, 6) is -0.0596. The second-order valence-electron chi connectivity index (χ2n) is 6.34. The van der Waals surface area contributed by atoms with Crippen molar-refractivity contribution in [2.24, 2.45) is 10.8 Å². The number of allylic oxidation sites excluding steroid dienone is 1. The molecular weight excluding hydrogens is 404 g/mol. The SMILES string of the molecule is CC1(C)C=C2C(=NN(c3ccc(Cl)c(C(F)(F)F)c3)C(N)=C2C#N)CO1.Cl. The van der Waals surface area contributed by atoms with Crippen LogP contribution in [-0.4, -0.2) is 17.9 Å². The third kappa shape index (κ3) is 3.90. The van der Waals surface area contributed by atoms with Gasteiger partial charge in [-0.25, -0.2) is 5.01 Å². The first-order valence-electron chi connectivity index (χ1n) is 7.55. The Morgan fingerprint density at radius 1 is 1.37 bits per heavy atom. The van der Waals surface area contributed by atoms with E-state index in [1.807, 2.05) is 19.9 Å². The molecule has 0 bridgehead atoms. The largest absolute Gasteiger partial charge is 0.417 e. The van der Waals surface area contributed by atoms with Crippen molar-refractivity contribution in [2.45, 2.75) is 25.6 Å². The molecule has 0 atom stereocenters. The maximum Gasteiger partial charge on any atom is 0.417 e. The van der Waals surface area contributed by atoms with E-state index in [2.05, 4.69) is 5.10 Å². The van der Waals surface area contributed by atoms with Crippen molar-refractivity contribution in [1.82, 2.24) is 0 Å². The van der Waals surface area contributed by atoms with Crippen LogP contribution in [0.2, 0.25) is 5.02 Å². The molecule has 27 heavy (non-hydrogen) atoms. The minimum atomic E-state index is -4.63. The highest BCUT2D eigenvalue weighted by molar-refractivity contribution is 6.31. The molecule has 0 amide bonds. The first-order valence-corrected chi connectivity index (χ1v) is 7.93. The average molecular weight is 419 g/mol. The molecule has 5 nitrogen and oxygen atoms in total. The number of hydrogen-bond donors (Lipinski definition) is 1. The maximum absolute atomic E-state index is 13.1. The summed E-state index contributed by atoms with van der Waals surface area (Å²) in [6.07, 6.45) is -2.91. The Hall–Kier alpha value is -2.21. The third-order valence-electron chi connectivity index (χ3n) is 3.97. The number of hydrogen-bond acceptors (Lipinski definition) is 5. The molecule has 2 N–H and O–H groups in total. The molecule has 0 saturated carbocycles. The molecule has 0 aliphatic carbocycles. The molecule has 2 aliphatic heterocycles. The van der Waals surface area contributed by atoms with Gasteiger partial charge < -0.3 is 10.5 Å². The van der Waals surface area contributed by atoms with Crippen LogP contribution < -0.4 is 10.7 Å². The lowest BCUT2D eigenvalue weighted by atomic mass is 9.92. The predicted molar refractivity (Wildman–Crippen MR) is 98.6 cm³/mol. The van der Waals surface area contributed by atoms with Gasteiger partial charge in [0.2, 0.25) is 0 Å². The van der Waals surface area contributed by atoms with Crippen LogP contribution in [0.15, 0.2) is 46.3 Å². The smallest absolute Gasteiger partial charge is 0.383 e. The fourth-order valence-electron chi connectivity index (χ4n) is 2.70. The number of anilines is 1. The Labute approximate surface area is 164 Å². The van der Waals surface area contributed by atoms with Crippen molar-refractivity contribution in [1.29, 1.82) is 5.26 Å². The maximum atomic E-state index is 13.1. The van der Waals surface area contributed by atoms with Crippen molar-refractivity contribution < 1.29 is 17.9 Å². The number of benzene rings is 1. The molecule has 2 aliphatic rings. The summed E-state index contributed by atoms with van der Waals surface area (Å²) in [6, 6.07) is 5.32. The van der Waals surface area contributed by atoms with E-state index >= 15 is 0 Å². The van der Waals surface area contributed by atoms with Crippen LogP contribution >= 0.6 is 24.0 Å². The summed E-state index contributed by atoms with van der Waals surface area (Å²) < 4.78 is 45.0. The van der Waals surface area contributed by atoms with E-state index in [0.717, 1.165) is 17.1 Å². The van der Waals surface area contributed by atoms with Gasteiger partial charge in [-0.05, 0) is 38.1 Å². The minimum absolute atomic E-state index is 0. The van der Waals surface area contributed by atoms with Gasteiger partial charge in [-0.1, -0.05) is 11.6 Å². The Morgan fingerprint density at radius 2 is 2.04 bits per heavy atom. The second-order valence-corrected chi connectivity index (χ2v) is 6.75. The van der Waals surface area contributed by atoms with E-state index in [1.165, 1.54) is 6.07 Å². The standard InChI is InChI=1S/C17H14ClF3N4O.ClH/c1-16(2)6-10-11(7-22)15(23)25(24-14(10)8-26-16)9-3-4-13(18)12(5-9)17(19,20)21;/h3-6H,8,23H2,1-2H3;1H. The minimum Gasteiger partial charge on any atom is -0.383 e. The van der Waals surface area contributed by atoms with E-state index in [9.17, 15) is 18.4 Å². The molecule has 0 aromatic heterocycles. The summed E-state index contributed by atoms with van der Waals surface area (Å²) in [4.78, 5) is 0. The molecule has 0 fully saturated rings. The lowest BCUT2D eigenvalue weighted by molar-refractivity contribution is -0.137. The lowest BCUT2D eigenvalue weighted by Gasteiger charge is -2.34. The van der Waals surface area contributed by atoms with Crippen LogP contribution in [0.3, 0.4) is 0 Å². The highest BCUT2D eigenvalue weighted by Crippen LogP contribution is 2.39. The van der Waals surface area contributed by atoms with Crippen LogP contribution in [0.5, 0.6) is 0 Å². The summed E-state index contributed by atoms with van der Waals surface area (Å²) >= 11 is 5.66. The molecule has 0 unspecified atom stereocenters. The Morgan fingerprint density at radius 3 is 2.63 bits per heavy atom. The summed E-state index contributed by atoms with van der Waals surface area (Å²) in [5.41, 5.74) is 5.55. The number of halogens is 5. The van der Waals surface area contributed by atoms with Gasteiger partial charge in [0.05, 0.1) is 34.2 Å². The molecule has 1 aromatic rings. The van der Waals surface area contributed by atoms with Crippen LogP contribution in [0.1, 0.15) is 19.4 Å². The molecule has 3 rings (SSSR count). The molecule has 0 saturated heterocycles. The lowest BCUT2D eigenvalue weighted by Crippen LogP contribution is -2.39. The Bertz CT molecular complexity index is 914. The van der Waals surface area contributed by atoms with Crippen LogP contribution in [0.25, 0.3) is 0 Å². The van der Waals surface area contributed by atoms with E-state index in [0.29, 0.717) is 11.3 Å². The number of rotatable bonds is 1. The number of alkyl halides is 3. The fraction of sp³-hybridized carbons (Fsp3) is 0.294. The summed E-state index contributed by atoms with van der Waals surface area (Å²) in [7, 11) is 0. The van der Waals surface area contributed by atoms with Gasteiger partial charge in [-0.2, -0.15) is 23.5 Å². The molecule has 144 valence electrons. The van der Waals surface area contributed by atoms with Crippen molar-refractivity contribution >= 4 is 35.4 Å². The molecule has 0 radical (unpaired) electrons. The van der Waals surface area contributed by atoms with E-state index in [-0.39, 0.29) is 36.1 Å². The van der Waals surface area contributed by atoms with Crippen molar-refractivity contribution in [3.63, 3.8) is 0 Å². The second kappa shape index (κ2) is 7.08.